The van der Waals surface area contributed by atoms with E-state index < -0.39 is 0 Å². The Balaban J connectivity index is 2.30. The fourth-order valence-corrected chi connectivity index (χ4v) is 2.33. The van der Waals surface area contributed by atoms with Crippen LogP contribution in [-0.2, 0) is 10.2 Å². The van der Waals surface area contributed by atoms with Crippen molar-refractivity contribution in [3.63, 3.8) is 0 Å². The van der Waals surface area contributed by atoms with E-state index in [1.165, 1.54) is 0 Å². The molecule has 1 saturated heterocycles. The number of anilines is 2. The molecule has 1 aromatic heterocycles. The van der Waals surface area contributed by atoms with Crippen molar-refractivity contribution in [2.24, 2.45) is 0 Å². The molecule has 1 aromatic rings. The first-order chi connectivity index (χ1) is 9.88. The van der Waals surface area contributed by atoms with Crippen LogP contribution in [0.3, 0.4) is 0 Å². The quantitative estimate of drug-likeness (QED) is 0.785. The van der Waals surface area contributed by atoms with Crippen molar-refractivity contribution < 1.29 is 9.84 Å². The normalized spacial score (nSPS) is 18.3. The van der Waals surface area contributed by atoms with Gasteiger partial charge >= 0.3 is 0 Å². The lowest BCUT2D eigenvalue weighted by molar-refractivity contribution is 0.0378. The van der Waals surface area contributed by atoms with E-state index in [0.29, 0.717) is 13.2 Å². The van der Waals surface area contributed by atoms with E-state index in [4.69, 9.17) is 4.74 Å². The number of aromatic nitrogens is 2. The summed E-state index contributed by atoms with van der Waals surface area (Å²) in [6.07, 6.45) is 1.54. The zero-order valence-electron chi connectivity index (χ0n) is 13.4. The lowest BCUT2D eigenvalue weighted by Crippen LogP contribution is -2.47. The van der Waals surface area contributed by atoms with E-state index in [0.717, 1.165) is 30.3 Å². The van der Waals surface area contributed by atoms with E-state index in [9.17, 15) is 5.11 Å². The number of hydrogen-bond acceptors (Lipinski definition) is 6. The minimum absolute atomic E-state index is 0.0695. The molecule has 1 aliphatic rings. The van der Waals surface area contributed by atoms with Crippen LogP contribution in [0.4, 0.5) is 11.6 Å². The van der Waals surface area contributed by atoms with Gasteiger partial charge in [-0.25, -0.2) is 9.97 Å². The molecule has 6 heteroatoms. The van der Waals surface area contributed by atoms with Gasteiger partial charge in [0, 0.05) is 31.7 Å². The smallest absolute Gasteiger partial charge is 0.138 e. The van der Waals surface area contributed by atoms with E-state index in [1.54, 1.807) is 0 Å². The maximum atomic E-state index is 9.78. The van der Waals surface area contributed by atoms with Crippen molar-refractivity contribution in [1.29, 1.82) is 0 Å². The Bertz CT molecular complexity index is 479. The number of nitrogens with one attached hydrogen (secondary N) is 2. The number of hydrogen-bond donors (Lipinski definition) is 3. The Morgan fingerprint density at radius 3 is 2.38 bits per heavy atom. The molecule has 0 spiro atoms. The number of aliphatic hydroxyl groups excluding tert-OH is 1. The Labute approximate surface area is 126 Å². The number of nitrogens with zero attached hydrogens (tertiary/aromatic N) is 2. The topological polar surface area (TPSA) is 79.3 Å². The lowest BCUT2D eigenvalue weighted by Gasteiger charge is -2.37. The summed E-state index contributed by atoms with van der Waals surface area (Å²) < 4.78 is 5.39. The highest BCUT2D eigenvalue weighted by atomic mass is 16.5. The highest BCUT2D eigenvalue weighted by molar-refractivity contribution is 5.49. The average Bonchev–Trinajstić information content (AvgIpc) is 2.47. The minimum Gasteiger partial charge on any atom is -0.394 e. The molecule has 21 heavy (non-hydrogen) atoms. The number of ether oxygens (including phenoxy) is 1. The second kappa shape index (κ2) is 6.15. The van der Waals surface area contributed by atoms with Crippen molar-refractivity contribution in [3.8, 4) is 0 Å². The standard InChI is InChI=1S/C15H26N4O2/c1-14(2,3)13-17-11(16-4)9-12(18-13)19-15(10-20)5-7-21-8-6-15/h9,20H,5-8,10H2,1-4H3,(H2,16,17,18,19). The second-order valence-corrected chi connectivity index (χ2v) is 6.64. The van der Waals surface area contributed by atoms with Crippen LogP contribution in [0, 0.1) is 0 Å². The highest BCUT2D eigenvalue weighted by Crippen LogP contribution is 2.27. The summed E-state index contributed by atoms with van der Waals surface area (Å²) in [6.45, 7) is 7.64. The zero-order chi connectivity index (χ0) is 15.5. The van der Waals surface area contributed by atoms with Gasteiger partial charge in [0.05, 0.1) is 12.1 Å². The van der Waals surface area contributed by atoms with Crippen molar-refractivity contribution in [3.05, 3.63) is 11.9 Å². The van der Waals surface area contributed by atoms with Crippen molar-refractivity contribution in [2.45, 2.75) is 44.6 Å². The van der Waals surface area contributed by atoms with Gasteiger partial charge < -0.3 is 20.5 Å². The van der Waals surface area contributed by atoms with Crippen LogP contribution >= 0.6 is 0 Å². The van der Waals surface area contributed by atoms with E-state index in [1.807, 2.05) is 13.1 Å². The Kier molecular flexibility index (Phi) is 4.68. The summed E-state index contributed by atoms with van der Waals surface area (Å²) in [5.74, 6) is 2.30. The van der Waals surface area contributed by atoms with E-state index >= 15 is 0 Å². The fourth-order valence-electron chi connectivity index (χ4n) is 2.33. The van der Waals surface area contributed by atoms with Gasteiger partial charge in [-0.3, -0.25) is 0 Å². The van der Waals surface area contributed by atoms with Gasteiger partial charge in [0.1, 0.15) is 17.5 Å². The van der Waals surface area contributed by atoms with Gasteiger partial charge in [-0.05, 0) is 12.8 Å². The van der Waals surface area contributed by atoms with Crippen molar-refractivity contribution >= 4 is 11.6 Å². The van der Waals surface area contributed by atoms with Gasteiger partial charge in [0.15, 0.2) is 0 Å². The van der Waals surface area contributed by atoms with Crippen molar-refractivity contribution in [2.75, 3.05) is 37.5 Å². The van der Waals surface area contributed by atoms with Crippen LogP contribution < -0.4 is 10.6 Å². The predicted molar refractivity (Wildman–Crippen MR) is 83.8 cm³/mol. The third-order valence-corrected chi connectivity index (χ3v) is 3.80. The lowest BCUT2D eigenvalue weighted by atomic mass is 9.91. The zero-order valence-corrected chi connectivity index (χ0v) is 13.4. The molecule has 2 heterocycles. The molecule has 0 aromatic carbocycles. The third kappa shape index (κ3) is 3.83. The van der Waals surface area contributed by atoms with E-state index in [-0.39, 0.29) is 17.6 Å². The average molecular weight is 294 g/mol. The van der Waals surface area contributed by atoms with Crippen LogP contribution in [0.2, 0.25) is 0 Å². The summed E-state index contributed by atoms with van der Waals surface area (Å²) in [6, 6.07) is 1.88. The molecule has 1 aliphatic heterocycles. The molecule has 0 saturated carbocycles. The van der Waals surface area contributed by atoms with E-state index in [2.05, 4.69) is 41.4 Å². The van der Waals surface area contributed by atoms with Gasteiger partial charge in [-0.1, -0.05) is 20.8 Å². The number of rotatable bonds is 4. The molecule has 0 aliphatic carbocycles. The van der Waals surface area contributed by atoms with Crippen LogP contribution in [0.5, 0.6) is 0 Å². The maximum absolute atomic E-state index is 9.78. The molecule has 0 radical (unpaired) electrons. The molecule has 0 unspecified atom stereocenters. The molecule has 0 amide bonds. The Morgan fingerprint density at radius 2 is 1.86 bits per heavy atom. The molecule has 1 fully saturated rings. The number of aliphatic hydroxyl groups is 1. The van der Waals surface area contributed by atoms with Crippen LogP contribution in [0.15, 0.2) is 6.07 Å². The summed E-state index contributed by atoms with van der Waals surface area (Å²) in [5, 5.41) is 16.3. The molecular formula is C15H26N4O2. The molecule has 118 valence electrons. The van der Waals surface area contributed by atoms with Gasteiger partial charge in [-0.15, -0.1) is 0 Å². The van der Waals surface area contributed by atoms with Crippen molar-refractivity contribution in [1.82, 2.24) is 9.97 Å². The Hall–Kier alpha value is -1.40. The maximum Gasteiger partial charge on any atom is 0.138 e. The monoisotopic (exact) mass is 294 g/mol. The molecule has 3 N–H and O–H groups in total. The second-order valence-electron chi connectivity index (χ2n) is 6.64. The van der Waals surface area contributed by atoms with Gasteiger partial charge in [-0.2, -0.15) is 0 Å². The van der Waals surface area contributed by atoms with Crippen LogP contribution in [0.25, 0.3) is 0 Å². The Morgan fingerprint density at radius 1 is 1.24 bits per heavy atom. The molecule has 2 rings (SSSR count). The summed E-state index contributed by atoms with van der Waals surface area (Å²) in [7, 11) is 1.84. The molecular weight excluding hydrogens is 268 g/mol. The van der Waals surface area contributed by atoms with Crippen LogP contribution in [0.1, 0.15) is 39.4 Å². The molecule has 6 nitrogen and oxygen atoms in total. The summed E-state index contributed by atoms with van der Waals surface area (Å²) >= 11 is 0. The minimum atomic E-state index is -0.354. The summed E-state index contributed by atoms with van der Waals surface area (Å²) in [4.78, 5) is 9.14. The molecule has 0 atom stereocenters. The largest absolute Gasteiger partial charge is 0.394 e. The SMILES string of the molecule is CNc1cc(NC2(CO)CCOCC2)nc(C(C)(C)C)n1. The first-order valence-corrected chi connectivity index (χ1v) is 7.43. The van der Waals surface area contributed by atoms with Gasteiger partial charge in [0.2, 0.25) is 0 Å². The van der Waals surface area contributed by atoms with Gasteiger partial charge in [0.25, 0.3) is 0 Å². The first-order valence-electron chi connectivity index (χ1n) is 7.43. The first kappa shape index (κ1) is 16.0. The predicted octanol–water partition coefficient (Wildman–Crippen LogP) is 1.77. The fraction of sp³-hybridized carbons (Fsp3) is 0.733. The highest BCUT2D eigenvalue weighted by Gasteiger charge is 2.32. The molecule has 0 bridgehead atoms. The summed E-state index contributed by atoms with van der Waals surface area (Å²) in [5.41, 5.74) is -0.488. The third-order valence-electron chi connectivity index (χ3n) is 3.80. The van der Waals surface area contributed by atoms with Crippen LogP contribution in [-0.4, -0.2) is 47.5 Å².